The van der Waals surface area contributed by atoms with Gasteiger partial charge in [0, 0.05) is 38.1 Å². The Morgan fingerprint density at radius 3 is 2.27 bits per heavy atom. The van der Waals surface area contributed by atoms with E-state index in [0.29, 0.717) is 12.5 Å². The molecule has 3 saturated carbocycles. The molecule has 0 spiro atoms. The molecular weight excluding hydrogens is 460 g/mol. The third kappa shape index (κ3) is 4.07. The van der Waals surface area contributed by atoms with Crippen LogP contribution in [-0.2, 0) is 9.59 Å². The molecule has 0 N–H and O–H groups in total. The van der Waals surface area contributed by atoms with Gasteiger partial charge in [-0.05, 0) is 80.0 Å². The number of amides is 2. The molecule has 3 heterocycles. The van der Waals surface area contributed by atoms with E-state index in [0.717, 1.165) is 82.6 Å². The van der Waals surface area contributed by atoms with Gasteiger partial charge in [-0.1, -0.05) is 39.0 Å². The number of rotatable bonds is 7. The summed E-state index contributed by atoms with van der Waals surface area (Å²) >= 11 is 0. The summed E-state index contributed by atoms with van der Waals surface area (Å²) in [6, 6.07) is 12.6. The number of para-hydroxylation sites is 1. The molecule has 2 bridgehead atoms. The molecule has 6 heteroatoms. The number of nitrogens with zero attached hydrogens (tertiary/aromatic N) is 4. The summed E-state index contributed by atoms with van der Waals surface area (Å²) in [4.78, 5) is 38.6. The maximum Gasteiger partial charge on any atom is 0.233 e. The van der Waals surface area contributed by atoms with Crippen LogP contribution in [0, 0.1) is 28.6 Å². The van der Waals surface area contributed by atoms with Crippen LogP contribution in [0.5, 0.6) is 0 Å². The van der Waals surface area contributed by atoms with Gasteiger partial charge in [0.25, 0.3) is 0 Å². The lowest BCUT2D eigenvalue weighted by molar-refractivity contribution is -0.157. The topological polar surface area (TPSA) is 56.8 Å². The number of carbonyl (C=O) groups is 2. The fourth-order valence-corrected chi connectivity index (χ4v) is 8.11. The maximum atomic E-state index is 13.6. The van der Waals surface area contributed by atoms with E-state index in [-0.39, 0.29) is 34.5 Å². The number of aromatic nitrogens is 1. The zero-order valence-corrected chi connectivity index (χ0v) is 22.8. The van der Waals surface area contributed by atoms with Gasteiger partial charge in [-0.15, -0.1) is 0 Å². The Hall–Kier alpha value is -2.47. The number of piperazine rings is 1. The van der Waals surface area contributed by atoms with Gasteiger partial charge in [0.1, 0.15) is 5.82 Å². The first-order chi connectivity index (χ1) is 17.8. The van der Waals surface area contributed by atoms with Crippen LogP contribution < -0.4 is 4.90 Å². The van der Waals surface area contributed by atoms with Crippen LogP contribution in [0.15, 0.2) is 36.4 Å². The lowest BCUT2D eigenvalue weighted by atomic mass is 9.43. The largest absolute Gasteiger partial charge is 0.354 e. The molecule has 7 rings (SSSR count). The molecule has 198 valence electrons. The molecule has 2 aromatic rings. The first-order valence-electron chi connectivity index (χ1n) is 14.5. The minimum absolute atomic E-state index is 0.0162. The Morgan fingerprint density at radius 2 is 1.54 bits per heavy atom. The van der Waals surface area contributed by atoms with Crippen molar-refractivity contribution in [3.8, 4) is 0 Å². The number of imide groups is 1. The second-order valence-electron chi connectivity index (χ2n) is 12.7. The van der Waals surface area contributed by atoms with Crippen LogP contribution in [0.1, 0.15) is 59.3 Å². The predicted octanol–water partition coefficient (Wildman–Crippen LogP) is 4.97. The molecule has 2 saturated heterocycles. The van der Waals surface area contributed by atoms with E-state index in [1.54, 1.807) is 4.90 Å². The van der Waals surface area contributed by atoms with Crippen LogP contribution in [0.2, 0.25) is 0 Å². The highest BCUT2D eigenvalue weighted by molar-refractivity contribution is 6.06. The van der Waals surface area contributed by atoms with Gasteiger partial charge in [0.05, 0.1) is 17.4 Å². The van der Waals surface area contributed by atoms with Gasteiger partial charge < -0.3 is 4.90 Å². The third-order valence-electron chi connectivity index (χ3n) is 10.6. The zero-order chi connectivity index (χ0) is 25.8. The fraction of sp³-hybridized carbons (Fsp3) is 0.645. The smallest absolute Gasteiger partial charge is 0.233 e. The van der Waals surface area contributed by atoms with Crippen LogP contribution in [0.25, 0.3) is 10.9 Å². The average Bonchev–Trinajstić information content (AvgIpc) is 3.19. The highest BCUT2D eigenvalue weighted by Crippen LogP contribution is 2.67. The number of likely N-dealkylation sites (tertiary alicyclic amines) is 1. The number of benzene rings is 1. The number of anilines is 1. The van der Waals surface area contributed by atoms with Gasteiger partial charge in [0.15, 0.2) is 0 Å². The Morgan fingerprint density at radius 1 is 0.865 bits per heavy atom. The minimum atomic E-state index is -0.0818. The van der Waals surface area contributed by atoms with Crippen molar-refractivity contribution in [2.75, 3.05) is 44.2 Å². The SMILES string of the molecule is CC(C)C12CCC(C)(CC1)[C@H]1C(=O)N(CCCCN3CCN(c4ccc5ccccc5n4)CC3)C(=O)[C@H]12. The van der Waals surface area contributed by atoms with Crippen molar-refractivity contribution in [1.29, 1.82) is 0 Å². The van der Waals surface area contributed by atoms with Gasteiger partial charge in [-0.2, -0.15) is 0 Å². The fourth-order valence-electron chi connectivity index (χ4n) is 8.11. The van der Waals surface area contributed by atoms with E-state index in [2.05, 4.69) is 60.9 Å². The molecule has 0 unspecified atom stereocenters. The number of carbonyl (C=O) groups excluding carboxylic acids is 2. The summed E-state index contributed by atoms with van der Waals surface area (Å²) in [5, 5.41) is 1.18. The van der Waals surface area contributed by atoms with Crippen LogP contribution in [0.3, 0.4) is 0 Å². The first kappa shape index (κ1) is 24.8. The highest BCUT2D eigenvalue weighted by Gasteiger charge is 2.68. The van der Waals surface area contributed by atoms with Crippen molar-refractivity contribution in [3.05, 3.63) is 36.4 Å². The van der Waals surface area contributed by atoms with Crippen molar-refractivity contribution < 1.29 is 9.59 Å². The van der Waals surface area contributed by atoms with Crippen molar-refractivity contribution in [2.45, 2.75) is 59.3 Å². The molecule has 5 aliphatic rings. The molecule has 37 heavy (non-hydrogen) atoms. The van der Waals surface area contributed by atoms with Crippen LogP contribution in [0.4, 0.5) is 5.82 Å². The summed E-state index contributed by atoms with van der Waals surface area (Å²) in [5.74, 6) is 1.63. The number of pyridine rings is 1. The van der Waals surface area contributed by atoms with Crippen LogP contribution in [-0.4, -0.2) is 65.9 Å². The minimum Gasteiger partial charge on any atom is -0.354 e. The quantitative estimate of drug-likeness (QED) is 0.395. The Kier molecular flexibility index (Phi) is 6.29. The Bertz CT molecular complexity index is 1180. The van der Waals surface area contributed by atoms with Crippen molar-refractivity contribution >= 4 is 28.5 Å². The number of unbranched alkanes of at least 4 members (excludes halogenated alkanes) is 1. The van der Waals surface area contributed by atoms with Crippen molar-refractivity contribution in [3.63, 3.8) is 0 Å². The van der Waals surface area contributed by atoms with Gasteiger partial charge in [0.2, 0.25) is 11.8 Å². The van der Waals surface area contributed by atoms with Gasteiger partial charge >= 0.3 is 0 Å². The normalized spacial score (nSPS) is 32.1. The summed E-state index contributed by atoms with van der Waals surface area (Å²) in [5.41, 5.74) is 1.10. The Balaban J connectivity index is 1.01. The molecule has 2 atom stereocenters. The van der Waals surface area contributed by atoms with Gasteiger partial charge in [-0.3, -0.25) is 19.4 Å². The highest BCUT2D eigenvalue weighted by atomic mass is 16.2. The molecular formula is C31H42N4O2. The Labute approximate surface area is 221 Å². The third-order valence-corrected chi connectivity index (χ3v) is 10.6. The van der Waals surface area contributed by atoms with E-state index in [4.69, 9.17) is 4.98 Å². The van der Waals surface area contributed by atoms with E-state index in [1.807, 2.05) is 6.07 Å². The van der Waals surface area contributed by atoms with Crippen LogP contribution >= 0.6 is 0 Å². The number of hydrogen-bond acceptors (Lipinski definition) is 5. The lowest BCUT2D eigenvalue weighted by Gasteiger charge is -2.59. The van der Waals surface area contributed by atoms with E-state index in [9.17, 15) is 9.59 Å². The monoisotopic (exact) mass is 502 g/mol. The molecule has 2 amide bonds. The van der Waals surface area contributed by atoms with E-state index in [1.165, 1.54) is 5.39 Å². The van der Waals surface area contributed by atoms with Crippen molar-refractivity contribution in [2.24, 2.45) is 28.6 Å². The summed E-state index contributed by atoms with van der Waals surface area (Å²) in [6.07, 6.45) is 6.33. The summed E-state index contributed by atoms with van der Waals surface area (Å²) < 4.78 is 0. The number of fused-ring (bicyclic) bond motifs is 3. The second-order valence-corrected chi connectivity index (χ2v) is 12.7. The standard InChI is InChI=1S/C31H42N4O2/c1-22(2)31-14-12-30(3,13-15-31)26-27(31)29(37)35(28(26)36)17-7-6-16-33-18-20-34(21-19-33)25-11-10-23-8-4-5-9-24(23)32-25/h4-5,8-11,22,26-27H,6-7,12-21H2,1-3H3/t26-,27+,30?,31?/m1/s1. The number of hydrogen-bond donors (Lipinski definition) is 0. The molecule has 5 fully saturated rings. The first-order valence-corrected chi connectivity index (χ1v) is 14.5. The van der Waals surface area contributed by atoms with Gasteiger partial charge in [-0.25, -0.2) is 4.98 Å². The molecule has 1 aromatic carbocycles. The summed E-state index contributed by atoms with van der Waals surface area (Å²) in [7, 11) is 0. The average molecular weight is 503 g/mol. The molecule has 2 aliphatic heterocycles. The van der Waals surface area contributed by atoms with E-state index >= 15 is 0 Å². The predicted molar refractivity (Wildman–Crippen MR) is 147 cm³/mol. The van der Waals surface area contributed by atoms with E-state index < -0.39 is 0 Å². The maximum absolute atomic E-state index is 13.6. The second kappa shape index (κ2) is 9.37. The van der Waals surface area contributed by atoms with Crippen molar-refractivity contribution in [1.82, 2.24) is 14.8 Å². The lowest BCUT2D eigenvalue weighted by Crippen LogP contribution is -2.56. The molecule has 3 aliphatic carbocycles. The molecule has 6 nitrogen and oxygen atoms in total. The zero-order valence-electron chi connectivity index (χ0n) is 22.8. The summed E-state index contributed by atoms with van der Waals surface area (Å²) in [6.45, 7) is 12.4. The molecule has 0 radical (unpaired) electrons. The molecule has 1 aromatic heterocycles.